The zero-order chi connectivity index (χ0) is 17.9. The highest BCUT2D eigenvalue weighted by Gasteiger charge is 2.31. The van der Waals surface area contributed by atoms with Crippen LogP contribution in [0, 0.1) is 6.92 Å². The Kier molecular flexibility index (Phi) is 5.34. The molecule has 7 heteroatoms. The van der Waals surface area contributed by atoms with Crippen molar-refractivity contribution in [2.75, 3.05) is 13.1 Å². The van der Waals surface area contributed by atoms with Crippen LogP contribution in [0.25, 0.3) is 0 Å². The number of ether oxygens (including phenoxy) is 1. The van der Waals surface area contributed by atoms with Gasteiger partial charge in [-0.2, -0.15) is 9.29 Å². The van der Waals surface area contributed by atoms with Crippen LogP contribution in [0.1, 0.15) is 31.2 Å². The lowest BCUT2D eigenvalue weighted by Crippen LogP contribution is -2.44. The molecule has 0 spiro atoms. The lowest BCUT2D eigenvalue weighted by atomic mass is 10.1. The van der Waals surface area contributed by atoms with Gasteiger partial charge < -0.3 is 4.74 Å². The van der Waals surface area contributed by atoms with Crippen molar-refractivity contribution in [2.45, 2.75) is 44.1 Å². The van der Waals surface area contributed by atoms with Gasteiger partial charge in [-0.25, -0.2) is 13.4 Å². The summed E-state index contributed by atoms with van der Waals surface area (Å²) in [6.07, 6.45) is 3.90. The molecule has 6 nitrogen and oxygen atoms in total. The first kappa shape index (κ1) is 17.8. The van der Waals surface area contributed by atoms with E-state index >= 15 is 0 Å². The molecule has 2 aromatic rings. The van der Waals surface area contributed by atoms with E-state index in [1.807, 2.05) is 19.1 Å². The molecular weight excluding hydrogens is 338 g/mol. The number of sulfonamides is 1. The second-order valence-electron chi connectivity index (χ2n) is 6.18. The second-order valence-corrected chi connectivity index (χ2v) is 8.12. The van der Waals surface area contributed by atoms with Gasteiger partial charge in [0.25, 0.3) is 0 Å². The normalized spacial score (nSPS) is 18.9. The minimum Gasteiger partial charge on any atom is -0.473 e. The Balaban J connectivity index is 1.73. The van der Waals surface area contributed by atoms with Crippen LogP contribution in [0.3, 0.4) is 0 Å². The molecule has 0 amide bonds. The van der Waals surface area contributed by atoms with Crippen LogP contribution in [0.15, 0.2) is 41.4 Å². The van der Waals surface area contributed by atoms with E-state index in [0.717, 1.165) is 24.8 Å². The van der Waals surface area contributed by atoms with Gasteiger partial charge in [0.1, 0.15) is 11.9 Å². The van der Waals surface area contributed by atoms with Crippen LogP contribution < -0.4 is 4.74 Å². The Bertz CT molecular complexity index is 822. The molecule has 1 aromatic carbocycles. The summed E-state index contributed by atoms with van der Waals surface area (Å²) in [7, 11) is -3.50. The molecular formula is C18H23N3O3S. The van der Waals surface area contributed by atoms with E-state index in [2.05, 4.69) is 9.97 Å². The number of hydrogen-bond acceptors (Lipinski definition) is 5. The van der Waals surface area contributed by atoms with Crippen molar-refractivity contribution in [3.63, 3.8) is 0 Å². The van der Waals surface area contributed by atoms with Gasteiger partial charge in [-0.15, -0.1) is 0 Å². The molecule has 3 rings (SSSR count). The number of piperidine rings is 1. The van der Waals surface area contributed by atoms with E-state index < -0.39 is 10.0 Å². The van der Waals surface area contributed by atoms with E-state index in [1.54, 1.807) is 31.3 Å². The molecule has 0 aliphatic carbocycles. The molecule has 134 valence electrons. The molecule has 0 saturated carbocycles. The van der Waals surface area contributed by atoms with Gasteiger partial charge in [0.15, 0.2) is 0 Å². The third-order valence-electron chi connectivity index (χ3n) is 4.35. The van der Waals surface area contributed by atoms with Crippen molar-refractivity contribution in [2.24, 2.45) is 0 Å². The van der Waals surface area contributed by atoms with Crippen molar-refractivity contribution in [1.82, 2.24) is 14.3 Å². The lowest BCUT2D eigenvalue weighted by Gasteiger charge is -2.31. The molecule has 1 aromatic heterocycles. The standard InChI is InChI=1S/C18H23N3O3S/c1-3-15-6-8-17(9-7-15)25(22,23)21-12-4-5-16(13-21)24-18-10-11-19-14(2)20-18/h6-11,16H,3-5,12-13H2,1-2H3. The SMILES string of the molecule is CCc1ccc(S(=O)(=O)N2CCCC(Oc3ccnc(C)n3)C2)cc1. The van der Waals surface area contributed by atoms with Crippen molar-refractivity contribution < 1.29 is 13.2 Å². The van der Waals surface area contributed by atoms with Gasteiger partial charge >= 0.3 is 0 Å². The summed E-state index contributed by atoms with van der Waals surface area (Å²) < 4.78 is 33.2. The number of hydrogen-bond donors (Lipinski definition) is 0. The Morgan fingerprint density at radius 1 is 1.24 bits per heavy atom. The van der Waals surface area contributed by atoms with Crippen LogP contribution >= 0.6 is 0 Å². The molecule has 1 fully saturated rings. The minimum atomic E-state index is -3.50. The topological polar surface area (TPSA) is 72.4 Å². The summed E-state index contributed by atoms with van der Waals surface area (Å²) in [4.78, 5) is 8.61. The fourth-order valence-electron chi connectivity index (χ4n) is 2.94. The smallest absolute Gasteiger partial charge is 0.243 e. The van der Waals surface area contributed by atoms with Crippen molar-refractivity contribution in [3.8, 4) is 5.88 Å². The number of aryl methyl sites for hydroxylation is 2. The number of aromatic nitrogens is 2. The third kappa shape index (κ3) is 4.16. The highest BCUT2D eigenvalue weighted by atomic mass is 32.2. The Morgan fingerprint density at radius 3 is 2.68 bits per heavy atom. The maximum Gasteiger partial charge on any atom is 0.243 e. The quantitative estimate of drug-likeness (QED) is 0.818. The van der Waals surface area contributed by atoms with Crippen LogP contribution in [-0.2, 0) is 16.4 Å². The molecule has 25 heavy (non-hydrogen) atoms. The van der Waals surface area contributed by atoms with Crippen LogP contribution in [-0.4, -0.2) is 41.9 Å². The van der Waals surface area contributed by atoms with Gasteiger partial charge in [0, 0.05) is 18.8 Å². The van der Waals surface area contributed by atoms with Crippen molar-refractivity contribution >= 4 is 10.0 Å². The average Bonchev–Trinajstić information content (AvgIpc) is 2.62. The van der Waals surface area contributed by atoms with Gasteiger partial charge in [0.05, 0.1) is 11.4 Å². The van der Waals surface area contributed by atoms with E-state index in [1.165, 1.54) is 4.31 Å². The number of benzene rings is 1. The molecule has 1 unspecified atom stereocenters. The highest BCUT2D eigenvalue weighted by molar-refractivity contribution is 7.89. The number of rotatable bonds is 5. The molecule has 1 aliphatic heterocycles. The fourth-order valence-corrected chi connectivity index (χ4v) is 4.45. The predicted octanol–water partition coefficient (Wildman–Crippen LogP) is 2.58. The summed E-state index contributed by atoms with van der Waals surface area (Å²) >= 11 is 0. The first-order chi connectivity index (χ1) is 12.0. The van der Waals surface area contributed by atoms with E-state index in [4.69, 9.17) is 4.74 Å². The zero-order valence-corrected chi connectivity index (χ0v) is 15.4. The molecule has 2 heterocycles. The summed E-state index contributed by atoms with van der Waals surface area (Å²) in [6.45, 7) is 4.69. The van der Waals surface area contributed by atoms with Gasteiger partial charge in [0.2, 0.25) is 15.9 Å². The Morgan fingerprint density at radius 2 is 2.00 bits per heavy atom. The summed E-state index contributed by atoms with van der Waals surface area (Å²) in [5.74, 6) is 1.12. The zero-order valence-electron chi connectivity index (χ0n) is 14.6. The molecule has 1 aliphatic rings. The molecule has 1 saturated heterocycles. The van der Waals surface area contributed by atoms with Gasteiger partial charge in [-0.1, -0.05) is 19.1 Å². The molecule has 0 radical (unpaired) electrons. The summed E-state index contributed by atoms with van der Waals surface area (Å²) in [5, 5.41) is 0. The largest absolute Gasteiger partial charge is 0.473 e. The summed E-state index contributed by atoms with van der Waals surface area (Å²) in [6, 6.07) is 8.81. The predicted molar refractivity (Wildman–Crippen MR) is 95.0 cm³/mol. The fraction of sp³-hybridized carbons (Fsp3) is 0.444. The molecule has 1 atom stereocenters. The summed E-state index contributed by atoms with van der Waals surface area (Å²) in [5.41, 5.74) is 1.12. The van der Waals surface area contributed by atoms with Crippen LogP contribution in [0.2, 0.25) is 0 Å². The maximum atomic E-state index is 12.9. The number of nitrogens with zero attached hydrogens (tertiary/aromatic N) is 3. The van der Waals surface area contributed by atoms with E-state index in [9.17, 15) is 8.42 Å². The first-order valence-corrected chi connectivity index (χ1v) is 9.98. The maximum absolute atomic E-state index is 12.9. The second kappa shape index (κ2) is 7.49. The highest BCUT2D eigenvalue weighted by Crippen LogP contribution is 2.23. The molecule has 0 N–H and O–H groups in total. The first-order valence-electron chi connectivity index (χ1n) is 8.54. The average molecular weight is 361 g/mol. The van der Waals surface area contributed by atoms with E-state index in [0.29, 0.717) is 29.7 Å². The third-order valence-corrected chi connectivity index (χ3v) is 6.23. The monoisotopic (exact) mass is 361 g/mol. The minimum absolute atomic E-state index is 0.201. The van der Waals surface area contributed by atoms with Crippen LogP contribution in [0.5, 0.6) is 5.88 Å². The Labute approximate surface area is 148 Å². The van der Waals surface area contributed by atoms with Crippen LogP contribution in [0.4, 0.5) is 0 Å². The van der Waals surface area contributed by atoms with Crippen molar-refractivity contribution in [3.05, 3.63) is 47.9 Å². The Hall–Kier alpha value is -1.99. The van der Waals surface area contributed by atoms with Gasteiger partial charge in [-0.3, -0.25) is 0 Å². The lowest BCUT2D eigenvalue weighted by molar-refractivity contribution is 0.124. The van der Waals surface area contributed by atoms with Gasteiger partial charge in [-0.05, 0) is 43.9 Å². The van der Waals surface area contributed by atoms with E-state index in [-0.39, 0.29) is 6.10 Å². The van der Waals surface area contributed by atoms with Crippen molar-refractivity contribution in [1.29, 1.82) is 0 Å². The molecule has 0 bridgehead atoms.